The molecule has 0 N–H and O–H groups in total. The quantitative estimate of drug-likeness (QED) is 0.173. The molecule has 17 aromatic carbocycles. The molecule has 0 saturated heterocycles. The molecular weight excluding hydrogens is 1470 g/mol. The van der Waals surface area contributed by atoms with Crippen molar-refractivity contribution >= 4 is 110 Å². The van der Waals surface area contributed by atoms with Crippen LogP contribution in [0.4, 0.5) is 0 Å². The van der Waals surface area contributed by atoms with E-state index >= 15 is 0 Å². The zero-order valence-electron chi connectivity index (χ0n) is 66.6. The normalized spacial score (nSPS) is 14.7. The lowest BCUT2D eigenvalue weighted by Crippen LogP contribution is -2.25. The van der Waals surface area contributed by atoms with E-state index in [0.717, 1.165) is 194 Å². The van der Waals surface area contributed by atoms with Gasteiger partial charge in [-0.3, -0.25) is 0 Å². The summed E-state index contributed by atoms with van der Waals surface area (Å²) in [6.07, 6.45) is 0. The van der Waals surface area contributed by atoms with Crippen LogP contribution in [0.3, 0.4) is 0 Å². The van der Waals surface area contributed by atoms with Crippen molar-refractivity contribution < 1.29 is 36.3 Å². The summed E-state index contributed by atoms with van der Waals surface area (Å²) in [5, 5.41) is 11.1. The maximum atomic E-state index is 6.85. The summed E-state index contributed by atoms with van der Waals surface area (Å²) in [5.74, 6) is 5.06. The summed E-state index contributed by atoms with van der Waals surface area (Å²) in [5.41, 5.74) is 31.9. The third-order valence-corrected chi connectivity index (χ3v) is 26.9. The molecule has 0 atom stereocenters. The van der Waals surface area contributed by atoms with E-state index in [4.69, 9.17) is 36.3 Å². The molecule has 3 aliphatic heterocycles. The van der Waals surface area contributed by atoms with E-state index in [1.165, 1.54) is 61.2 Å². The van der Waals surface area contributed by atoms with Crippen LogP contribution in [0.15, 0.2) is 362 Å². The summed E-state index contributed by atoms with van der Waals surface area (Å²) in [6.45, 7) is 13.6. The molecule has 8 nitrogen and oxygen atoms in total. The number of ether oxygens (including phenoxy) is 3. The zero-order valence-corrected chi connectivity index (χ0v) is 66.6. The molecule has 8 heteroatoms. The van der Waals surface area contributed by atoms with Gasteiger partial charge in [-0.2, -0.15) is 0 Å². The molecule has 0 amide bonds. The van der Waals surface area contributed by atoms with Crippen LogP contribution in [0.5, 0.6) is 34.5 Å². The number of rotatable bonds is 3. The molecule has 0 unspecified atom stereocenters. The highest BCUT2D eigenvalue weighted by Gasteiger charge is 2.52. The first-order chi connectivity index (χ1) is 58.7. The summed E-state index contributed by atoms with van der Waals surface area (Å²) in [4.78, 5) is 0. The minimum atomic E-state index is -0.367. The standard InChI is InChI=1S/C46H30O2.2C33H22O3/c1-45(2)38-23-20-28(26-42(38)48-44-39(45)24-22-34-33-14-6-10-18-41(33)47-43(34)44)27-19-21-32-31-13-5-9-17-37(31)46(40(32)25-27)35-15-7-3-11-29(35)30-12-4-8-16-36(30)46;1-33(2)25-14-13-23-21-7-3-6-10-28(21)35-31(23)32(25)36-30-16-12-20(18-26(30)33)19-11-15-29-24(17-19)22-8-4-5-9-27(22)34-29;1-33(2)25-16-14-19(20-10-7-11-23-21-8-3-5-12-27(21)34-30(20)23)18-29(25)36-32-26(33)17-15-24-22-9-4-6-13-28(22)35-31(24)32/h3-26H,1-2H3;2*3-18H,1-2H3. The lowest BCUT2D eigenvalue weighted by Gasteiger charge is -2.34. The highest BCUT2D eigenvalue weighted by molar-refractivity contribution is 6.13. The summed E-state index contributed by atoms with van der Waals surface area (Å²) in [6, 6.07) is 121. The summed E-state index contributed by atoms with van der Waals surface area (Å²) < 4.78 is 51.5. The molecule has 0 bridgehead atoms. The fourth-order valence-electron chi connectivity index (χ4n) is 20.9. The second kappa shape index (κ2) is 24.9. The van der Waals surface area contributed by atoms with Crippen LogP contribution in [-0.2, 0) is 21.7 Å². The number of hydrogen-bond acceptors (Lipinski definition) is 8. The van der Waals surface area contributed by atoms with Gasteiger partial charge in [-0.15, -0.1) is 0 Å². The molecule has 570 valence electrons. The van der Waals surface area contributed by atoms with E-state index in [0.29, 0.717) is 0 Å². The van der Waals surface area contributed by atoms with Crippen molar-refractivity contribution in [3.8, 4) is 90.1 Å². The average molecular weight is 1550 g/mol. The van der Waals surface area contributed by atoms with Gasteiger partial charge in [-0.05, 0) is 163 Å². The van der Waals surface area contributed by atoms with Gasteiger partial charge in [-0.25, -0.2) is 0 Å². The van der Waals surface area contributed by atoms with Crippen molar-refractivity contribution in [2.75, 3.05) is 0 Å². The van der Waals surface area contributed by atoms with Crippen LogP contribution in [0.25, 0.3) is 165 Å². The molecule has 5 aliphatic rings. The fourth-order valence-corrected chi connectivity index (χ4v) is 20.9. The Hall–Kier alpha value is -14.9. The molecule has 0 fully saturated rings. The van der Waals surface area contributed by atoms with E-state index in [1.54, 1.807) is 0 Å². The van der Waals surface area contributed by atoms with Crippen LogP contribution >= 0.6 is 0 Å². The zero-order chi connectivity index (χ0) is 79.8. The van der Waals surface area contributed by atoms with Gasteiger partial charge in [0.2, 0.25) is 0 Å². The number of hydrogen-bond donors (Lipinski definition) is 0. The Kier molecular flexibility index (Phi) is 14.2. The van der Waals surface area contributed by atoms with E-state index in [1.807, 2.05) is 72.8 Å². The van der Waals surface area contributed by atoms with Crippen molar-refractivity contribution in [1.82, 2.24) is 0 Å². The minimum absolute atomic E-state index is 0.236. The Morgan fingerprint density at radius 3 is 0.992 bits per heavy atom. The van der Waals surface area contributed by atoms with E-state index in [9.17, 15) is 0 Å². The first kappa shape index (κ1) is 68.4. The molecule has 27 rings (SSSR count). The second-order valence-corrected chi connectivity index (χ2v) is 34.3. The van der Waals surface area contributed by atoms with E-state index in [-0.39, 0.29) is 21.7 Å². The molecule has 22 aromatic rings. The third kappa shape index (κ3) is 9.58. The Morgan fingerprint density at radius 2 is 0.492 bits per heavy atom. The van der Waals surface area contributed by atoms with Gasteiger partial charge in [-0.1, -0.05) is 290 Å². The van der Waals surface area contributed by atoms with Crippen LogP contribution < -0.4 is 14.2 Å². The first-order valence-corrected chi connectivity index (χ1v) is 41.3. The first-order valence-electron chi connectivity index (χ1n) is 41.3. The monoisotopic (exact) mass is 1550 g/mol. The summed E-state index contributed by atoms with van der Waals surface area (Å²) in [7, 11) is 0. The van der Waals surface area contributed by atoms with Crippen LogP contribution in [0.1, 0.15) is 97.2 Å². The number of benzene rings is 17. The van der Waals surface area contributed by atoms with Gasteiger partial charge in [0, 0.05) is 109 Å². The van der Waals surface area contributed by atoms with Crippen molar-refractivity contribution in [2.24, 2.45) is 0 Å². The largest absolute Gasteiger partial charge is 0.456 e. The molecule has 8 heterocycles. The Bertz CT molecular complexity index is 8140. The second-order valence-electron chi connectivity index (χ2n) is 34.3. The smallest absolute Gasteiger partial charge is 0.178 e. The molecule has 2 aliphatic carbocycles. The highest BCUT2D eigenvalue weighted by atomic mass is 16.5. The predicted molar refractivity (Wildman–Crippen MR) is 484 cm³/mol. The highest BCUT2D eigenvalue weighted by Crippen LogP contribution is 2.64. The molecule has 5 aromatic heterocycles. The lowest BCUT2D eigenvalue weighted by atomic mass is 9.70. The fraction of sp³-hybridized carbons (Fsp3) is 0.0893. The third-order valence-electron chi connectivity index (χ3n) is 26.9. The van der Waals surface area contributed by atoms with Crippen LogP contribution in [-0.4, -0.2) is 0 Å². The van der Waals surface area contributed by atoms with Crippen molar-refractivity contribution in [2.45, 2.75) is 63.2 Å². The number of fused-ring (bicyclic) bond motifs is 34. The van der Waals surface area contributed by atoms with Gasteiger partial charge >= 0.3 is 0 Å². The molecular formula is C112H74O8. The Morgan fingerprint density at radius 1 is 0.175 bits per heavy atom. The van der Waals surface area contributed by atoms with Crippen LogP contribution in [0.2, 0.25) is 0 Å². The van der Waals surface area contributed by atoms with Gasteiger partial charge in [0.1, 0.15) is 56.3 Å². The van der Waals surface area contributed by atoms with Gasteiger partial charge in [0.15, 0.2) is 34.0 Å². The molecule has 0 saturated carbocycles. The maximum Gasteiger partial charge on any atom is 0.178 e. The van der Waals surface area contributed by atoms with E-state index < -0.39 is 0 Å². The van der Waals surface area contributed by atoms with Crippen molar-refractivity contribution in [3.05, 3.63) is 395 Å². The number of furan rings is 5. The Balaban J connectivity index is 0.000000101. The molecule has 0 radical (unpaired) electrons. The van der Waals surface area contributed by atoms with Gasteiger partial charge in [0.25, 0.3) is 0 Å². The van der Waals surface area contributed by atoms with Crippen LogP contribution in [0, 0.1) is 0 Å². The van der Waals surface area contributed by atoms with Crippen molar-refractivity contribution in [3.63, 3.8) is 0 Å². The maximum absolute atomic E-state index is 6.85. The minimum Gasteiger partial charge on any atom is -0.456 e. The SMILES string of the molecule is CC1(C)c2cc(-c3ccc4oc5ccccc5c4c3)ccc2Oc2c1ccc1c2oc2ccccc21.CC1(C)c2ccc(-c3ccc4c(c3)C3(c5ccccc5-c5ccccc53)c3ccccc3-4)cc2Oc2c1ccc1c2oc2ccccc21.CC1(C)c2ccc(-c3cccc4c3oc3ccccc34)cc2Oc2c1ccc1c2oc2ccccc21. The van der Waals surface area contributed by atoms with E-state index in [2.05, 4.69) is 308 Å². The molecule has 1 spiro atoms. The van der Waals surface area contributed by atoms with Gasteiger partial charge < -0.3 is 36.3 Å². The van der Waals surface area contributed by atoms with Gasteiger partial charge in [0.05, 0.1) is 5.41 Å². The van der Waals surface area contributed by atoms with Crippen molar-refractivity contribution in [1.29, 1.82) is 0 Å². The Labute approximate surface area is 690 Å². The average Bonchev–Trinajstić information content (AvgIpc) is 1.51. The lowest BCUT2D eigenvalue weighted by molar-refractivity contribution is 0.415. The summed E-state index contributed by atoms with van der Waals surface area (Å²) >= 11 is 0. The predicted octanol–water partition coefficient (Wildman–Crippen LogP) is 31.2. The topological polar surface area (TPSA) is 93.4 Å². The molecule has 120 heavy (non-hydrogen) atoms. The number of para-hydroxylation sites is 6.